The Bertz CT molecular complexity index is 765. The molecule has 4 heterocycles. The highest BCUT2D eigenvalue weighted by Gasteiger charge is 2.25. The Balaban J connectivity index is 1.33. The van der Waals surface area contributed by atoms with E-state index < -0.39 is 0 Å². The summed E-state index contributed by atoms with van der Waals surface area (Å²) < 4.78 is 7.22. The second kappa shape index (κ2) is 7.37. The topological polar surface area (TPSA) is 66.2 Å². The molecule has 0 bridgehead atoms. The standard InChI is InChI=1S/C18H28N6O2S/c1-18(2,3)14-12-24-16(19-14)27-17(20-24)23-6-4-21(5-7-23)13-15(25)22-8-10-26-11-9-22/h12H,4-11,13H2,1-3H3. The predicted octanol–water partition coefficient (Wildman–Crippen LogP) is 1.07. The molecule has 0 spiro atoms. The van der Waals surface area contributed by atoms with E-state index in [0.717, 1.165) is 42.0 Å². The van der Waals surface area contributed by atoms with Crippen molar-refractivity contribution in [3.63, 3.8) is 0 Å². The molecule has 0 N–H and O–H groups in total. The highest BCUT2D eigenvalue weighted by Crippen LogP contribution is 2.28. The lowest BCUT2D eigenvalue weighted by Gasteiger charge is -2.35. The third kappa shape index (κ3) is 4.09. The maximum absolute atomic E-state index is 12.4. The van der Waals surface area contributed by atoms with Crippen LogP contribution in [0.15, 0.2) is 6.20 Å². The van der Waals surface area contributed by atoms with Crippen molar-refractivity contribution in [3.05, 3.63) is 11.9 Å². The van der Waals surface area contributed by atoms with E-state index in [0.29, 0.717) is 32.8 Å². The van der Waals surface area contributed by atoms with Gasteiger partial charge in [-0.15, -0.1) is 5.10 Å². The van der Waals surface area contributed by atoms with E-state index >= 15 is 0 Å². The first kappa shape index (κ1) is 18.6. The van der Waals surface area contributed by atoms with Gasteiger partial charge in [-0.1, -0.05) is 32.1 Å². The van der Waals surface area contributed by atoms with Crippen LogP contribution in [0.5, 0.6) is 0 Å². The molecular formula is C18H28N6O2S. The fourth-order valence-electron chi connectivity index (χ4n) is 3.38. The van der Waals surface area contributed by atoms with E-state index in [1.54, 1.807) is 11.3 Å². The summed E-state index contributed by atoms with van der Waals surface area (Å²) in [6, 6.07) is 0. The normalized spacial score (nSPS) is 19.8. The minimum atomic E-state index is 0.0340. The van der Waals surface area contributed by atoms with Gasteiger partial charge in [-0.2, -0.15) is 0 Å². The summed E-state index contributed by atoms with van der Waals surface area (Å²) in [5, 5.41) is 5.73. The molecule has 2 aromatic rings. The van der Waals surface area contributed by atoms with Gasteiger partial charge in [0.05, 0.1) is 31.6 Å². The van der Waals surface area contributed by atoms with E-state index in [2.05, 4.69) is 30.6 Å². The van der Waals surface area contributed by atoms with Crippen LogP contribution in [0.25, 0.3) is 4.96 Å². The van der Waals surface area contributed by atoms with E-state index in [4.69, 9.17) is 14.8 Å². The highest BCUT2D eigenvalue weighted by atomic mass is 32.1. The largest absolute Gasteiger partial charge is 0.378 e. The van der Waals surface area contributed by atoms with E-state index in [1.165, 1.54) is 0 Å². The number of hydrogen-bond donors (Lipinski definition) is 0. The van der Waals surface area contributed by atoms with E-state index in [-0.39, 0.29) is 11.3 Å². The fraction of sp³-hybridized carbons (Fsp3) is 0.722. The fourth-order valence-corrected chi connectivity index (χ4v) is 4.31. The van der Waals surface area contributed by atoms with Gasteiger partial charge in [0.1, 0.15) is 0 Å². The number of ether oxygens (including phenoxy) is 1. The Hall–Kier alpha value is -1.71. The molecule has 0 saturated carbocycles. The summed E-state index contributed by atoms with van der Waals surface area (Å²) >= 11 is 1.64. The van der Waals surface area contributed by atoms with Crippen LogP contribution in [-0.2, 0) is 14.9 Å². The summed E-state index contributed by atoms with van der Waals surface area (Å²) in [5.74, 6) is 0.217. The summed E-state index contributed by atoms with van der Waals surface area (Å²) in [4.78, 5) is 24.5. The van der Waals surface area contributed by atoms with Gasteiger partial charge in [0.25, 0.3) is 0 Å². The molecule has 2 aromatic heterocycles. The van der Waals surface area contributed by atoms with Crippen LogP contribution in [0.3, 0.4) is 0 Å². The van der Waals surface area contributed by atoms with Crippen LogP contribution in [0.4, 0.5) is 5.13 Å². The number of aromatic nitrogens is 3. The molecular weight excluding hydrogens is 364 g/mol. The van der Waals surface area contributed by atoms with Crippen LogP contribution in [-0.4, -0.2) is 89.3 Å². The monoisotopic (exact) mass is 392 g/mol. The molecule has 2 aliphatic heterocycles. The van der Waals surface area contributed by atoms with Crippen molar-refractivity contribution in [1.82, 2.24) is 24.4 Å². The maximum atomic E-state index is 12.4. The number of fused-ring (bicyclic) bond motifs is 1. The summed E-state index contributed by atoms with van der Waals surface area (Å²) in [6.45, 7) is 13.3. The number of anilines is 1. The molecule has 0 aliphatic carbocycles. The Morgan fingerprint density at radius 2 is 1.85 bits per heavy atom. The predicted molar refractivity (Wildman–Crippen MR) is 106 cm³/mol. The van der Waals surface area contributed by atoms with E-state index in [9.17, 15) is 4.79 Å². The molecule has 27 heavy (non-hydrogen) atoms. The lowest BCUT2D eigenvalue weighted by molar-refractivity contribution is -0.136. The quantitative estimate of drug-likeness (QED) is 0.779. The van der Waals surface area contributed by atoms with Gasteiger partial charge in [-0.3, -0.25) is 9.69 Å². The Morgan fingerprint density at radius 1 is 1.15 bits per heavy atom. The number of rotatable bonds is 3. The zero-order valence-corrected chi connectivity index (χ0v) is 17.2. The number of hydrogen-bond acceptors (Lipinski definition) is 7. The van der Waals surface area contributed by atoms with Gasteiger partial charge in [-0.25, -0.2) is 9.50 Å². The summed E-state index contributed by atoms with van der Waals surface area (Å²) in [7, 11) is 0. The van der Waals surface area contributed by atoms with Crippen LogP contribution < -0.4 is 4.90 Å². The third-order valence-corrected chi connectivity index (χ3v) is 6.15. The number of nitrogens with zero attached hydrogens (tertiary/aromatic N) is 6. The maximum Gasteiger partial charge on any atom is 0.236 e. The number of piperazine rings is 1. The highest BCUT2D eigenvalue weighted by molar-refractivity contribution is 7.20. The number of morpholine rings is 1. The molecule has 1 amide bonds. The van der Waals surface area contributed by atoms with Crippen molar-refractivity contribution >= 4 is 27.3 Å². The lowest BCUT2D eigenvalue weighted by atomic mass is 9.93. The molecule has 4 rings (SSSR count). The van der Waals surface area contributed by atoms with Crippen LogP contribution >= 0.6 is 11.3 Å². The summed E-state index contributed by atoms with van der Waals surface area (Å²) in [6.07, 6.45) is 2.03. The number of amides is 1. The summed E-state index contributed by atoms with van der Waals surface area (Å²) in [5.41, 5.74) is 1.10. The van der Waals surface area contributed by atoms with Gasteiger partial charge < -0.3 is 14.5 Å². The van der Waals surface area contributed by atoms with Gasteiger partial charge in [0.2, 0.25) is 16.0 Å². The first-order valence-corrected chi connectivity index (χ1v) is 10.4. The van der Waals surface area contributed by atoms with Crippen molar-refractivity contribution in [3.8, 4) is 0 Å². The first-order chi connectivity index (χ1) is 12.9. The number of carbonyl (C=O) groups is 1. The lowest BCUT2D eigenvalue weighted by Crippen LogP contribution is -2.51. The molecule has 2 saturated heterocycles. The molecule has 0 atom stereocenters. The van der Waals surface area contributed by atoms with Crippen molar-refractivity contribution in [2.24, 2.45) is 0 Å². The van der Waals surface area contributed by atoms with Gasteiger partial charge in [-0.05, 0) is 0 Å². The minimum absolute atomic E-state index is 0.0340. The smallest absolute Gasteiger partial charge is 0.236 e. The van der Waals surface area contributed by atoms with Gasteiger partial charge >= 0.3 is 0 Å². The minimum Gasteiger partial charge on any atom is -0.378 e. The molecule has 0 aromatic carbocycles. The molecule has 2 aliphatic rings. The SMILES string of the molecule is CC(C)(C)c1cn2nc(N3CCN(CC(=O)N4CCOCC4)CC3)sc2n1. The first-order valence-electron chi connectivity index (χ1n) is 9.60. The average Bonchev–Trinajstić information content (AvgIpc) is 3.22. The Kier molecular flexibility index (Phi) is 5.09. The molecule has 2 fully saturated rings. The van der Waals surface area contributed by atoms with Crippen LogP contribution in [0.2, 0.25) is 0 Å². The van der Waals surface area contributed by atoms with Gasteiger partial charge in [0.15, 0.2) is 0 Å². The zero-order valence-electron chi connectivity index (χ0n) is 16.3. The third-order valence-electron chi connectivity index (χ3n) is 5.17. The van der Waals surface area contributed by atoms with Crippen molar-refractivity contribution < 1.29 is 9.53 Å². The zero-order chi connectivity index (χ0) is 19.0. The average molecular weight is 393 g/mol. The Labute approximate surface area is 163 Å². The van der Waals surface area contributed by atoms with Crippen LogP contribution in [0, 0.1) is 0 Å². The number of carbonyl (C=O) groups excluding carboxylic acids is 1. The van der Waals surface area contributed by atoms with Crippen molar-refractivity contribution in [1.29, 1.82) is 0 Å². The molecule has 8 nitrogen and oxygen atoms in total. The Morgan fingerprint density at radius 3 is 2.48 bits per heavy atom. The molecule has 9 heteroatoms. The van der Waals surface area contributed by atoms with Crippen molar-refractivity contribution in [2.45, 2.75) is 26.2 Å². The molecule has 148 valence electrons. The second-order valence-corrected chi connectivity index (χ2v) is 9.18. The number of imidazole rings is 1. The van der Waals surface area contributed by atoms with Crippen molar-refractivity contribution in [2.75, 3.05) is 63.9 Å². The molecule has 0 unspecified atom stereocenters. The molecule has 0 radical (unpaired) electrons. The van der Waals surface area contributed by atoms with E-state index in [1.807, 2.05) is 15.6 Å². The second-order valence-electron chi connectivity index (χ2n) is 8.24. The van der Waals surface area contributed by atoms with Crippen LogP contribution in [0.1, 0.15) is 26.5 Å². The van der Waals surface area contributed by atoms with Gasteiger partial charge in [0, 0.05) is 44.7 Å².